The molecule has 1 rings (SSSR count). The van der Waals surface area contributed by atoms with Crippen molar-refractivity contribution in [3.8, 4) is 0 Å². The molecule has 1 heterocycles. The smallest absolute Gasteiger partial charge is 0.0901 e. The van der Waals surface area contributed by atoms with Gasteiger partial charge in [-0.15, -0.1) is 0 Å². The van der Waals surface area contributed by atoms with Gasteiger partial charge in [0.15, 0.2) is 0 Å². The second-order valence-corrected chi connectivity index (χ2v) is 2.74. The van der Waals surface area contributed by atoms with E-state index < -0.39 is 0 Å². The average molecular weight is 214 g/mol. The van der Waals surface area contributed by atoms with Gasteiger partial charge >= 0.3 is 0 Å². The molecule has 0 spiro atoms. The molecule has 0 atom stereocenters. The largest absolute Gasteiger partial charge is 0.473 e. The molecule has 0 saturated carbocycles. The second kappa shape index (κ2) is 9.34. The maximum atomic E-state index is 5.08. The molecule has 0 saturated heterocycles. The Morgan fingerprint density at radius 2 is 0.562 bits per heavy atom. The molecule has 2 heteroatoms. The fraction of sp³-hybridized carbons (Fsp3) is 0. The molecule has 0 aliphatic rings. The van der Waals surface area contributed by atoms with Crippen molar-refractivity contribution in [3.63, 3.8) is 0 Å². The normalized spacial score (nSPS) is 8.00. The van der Waals surface area contributed by atoms with Gasteiger partial charge in [-0.2, -0.15) is 0 Å². The van der Waals surface area contributed by atoms with Gasteiger partial charge in [0, 0.05) is 0 Å². The topological polar surface area (TPSA) is 26.3 Å². The first-order valence-corrected chi connectivity index (χ1v) is 4.94. The third kappa shape index (κ3) is 7.21. The first kappa shape index (κ1) is 11.9. The van der Waals surface area contributed by atoms with Gasteiger partial charge in [0.2, 0.25) is 0 Å². The van der Waals surface area contributed by atoms with E-state index in [2.05, 4.69) is 0 Å². The van der Waals surface area contributed by atoms with E-state index in [-0.39, 0.29) is 0 Å². The van der Waals surface area contributed by atoms with E-state index in [4.69, 9.17) is 8.83 Å². The molecule has 0 aliphatic heterocycles. The third-order valence-corrected chi connectivity index (χ3v) is 1.52. The molecule has 2 nitrogen and oxygen atoms in total. The van der Waals surface area contributed by atoms with E-state index >= 15 is 0 Å². The minimum Gasteiger partial charge on any atom is -0.473 e. The van der Waals surface area contributed by atoms with Gasteiger partial charge in [0.1, 0.15) is 0 Å². The third-order valence-electron chi connectivity index (χ3n) is 1.52. The highest BCUT2D eigenvalue weighted by atomic mass is 16.3. The molecule has 0 aromatic carbocycles. The lowest BCUT2D eigenvalue weighted by atomic mass is 10.5. The van der Waals surface area contributed by atoms with Crippen LogP contribution in [0.25, 0.3) is 0 Å². The fourth-order valence-electron chi connectivity index (χ4n) is 0.839. The molecule has 1 aromatic heterocycles. The van der Waals surface area contributed by atoms with E-state index in [9.17, 15) is 0 Å². The highest BCUT2D eigenvalue weighted by Gasteiger charge is 1.59. The molecule has 0 aliphatic carbocycles. The van der Waals surface area contributed by atoms with E-state index in [1.54, 1.807) is 37.2 Å². The van der Waals surface area contributed by atoms with Crippen LogP contribution in [-0.2, 0) is 0 Å². The van der Waals surface area contributed by atoms with E-state index in [0.29, 0.717) is 0 Å². The maximum absolute atomic E-state index is 5.08. The van der Waals surface area contributed by atoms with Crippen molar-refractivity contribution in [2.24, 2.45) is 0 Å². The first-order valence-electron chi connectivity index (χ1n) is 4.94. The minimum atomic E-state index is 1.59. The molecule has 82 valence electrons. The molecule has 0 unspecified atom stereocenters. The molecule has 0 fully saturated rings. The fourth-order valence-corrected chi connectivity index (χ4v) is 0.839. The Labute approximate surface area is 95.1 Å². The van der Waals surface area contributed by atoms with Gasteiger partial charge in [0.25, 0.3) is 0 Å². The van der Waals surface area contributed by atoms with Crippen LogP contribution in [0.2, 0.25) is 0 Å². The van der Waals surface area contributed by atoms with Crippen LogP contribution in [0, 0.1) is 0 Å². The van der Waals surface area contributed by atoms with E-state index in [1.807, 2.05) is 48.5 Å². The monoisotopic (exact) mass is 214 g/mol. The zero-order chi connectivity index (χ0) is 11.3. The summed E-state index contributed by atoms with van der Waals surface area (Å²) >= 11 is 0. The Morgan fingerprint density at radius 1 is 0.312 bits per heavy atom. The summed E-state index contributed by atoms with van der Waals surface area (Å²) in [5.74, 6) is 0. The van der Waals surface area contributed by atoms with Crippen LogP contribution in [0.3, 0.4) is 0 Å². The van der Waals surface area contributed by atoms with Crippen LogP contribution in [0.15, 0.2) is 94.6 Å². The standard InChI is InChI=1S/C14H14O2/c1-2-4-8-12-16-14-10-6-5-9-13-15-11-7-3-1/h1-14H. The zero-order valence-corrected chi connectivity index (χ0v) is 8.90. The highest BCUT2D eigenvalue weighted by molar-refractivity contribution is 4.91. The summed E-state index contributed by atoms with van der Waals surface area (Å²) < 4.78 is 10.2. The van der Waals surface area contributed by atoms with Crippen molar-refractivity contribution in [1.82, 2.24) is 0 Å². The van der Waals surface area contributed by atoms with Crippen molar-refractivity contribution in [2.45, 2.75) is 0 Å². The lowest BCUT2D eigenvalue weighted by Crippen LogP contribution is -1.47. The van der Waals surface area contributed by atoms with Crippen molar-refractivity contribution >= 4 is 0 Å². The highest BCUT2D eigenvalue weighted by Crippen LogP contribution is 1.80. The molecular formula is C14H14O2. The predicted octanol–water partition coefficient (Wildman–Crippen LogP) is 4.25. The lowest BCUT2D eigenvalue weighted by molar-refractivity contribution is 0.553. The van der Waals surface area contributed by atoms with Crippen LogP contribution in [-0.4, -0.2) is 0 Å². The lowest BCUT2D eigenvalue weighted by Gasteiger charge is -1.72. The predicted molar refractivity (Wildman–Crippen MR) is 63.9 cm³/mol. The average Bonchev–Trinajstić information content (AvgIpc) is 2.29. The Bertz CT molecular complexity index is 260. The summed E-state index contributed by atoms with van der Waals surface area (Å²) in [6.45, 7) is 0. The summed E-state index contributed by atoms with van der Waals surface area (Å²) in [5.41, 5.74) is 0. The second-order valence-electron chi connectivity index (χ2n) is 2.74. The van der Waals surface area contributed by atoms with Crippen molar-refractivity contribution in [3.05, 3.63) is 85.7 Å². The molecule has 0 bridgehead atoms. The summed E-state index contributed by atoms with van der Waals surface area (Å²) in [7, 11) is 0. The first-order chi connectivity index (χ1) is 8.00. The number of hydrogen-bond acceptors (Lipinski definition) is 2. The molecule has 0 radical (unpaired) electrons. The molecule has 16 heavy (non-hydrogen) atoms. The molecule has 0 amide bonds. The molecular weight excluding hydrogens is 200 g/mol. The van der Waals surface area contributed by atoms with Crippen molar-refractivity contribution in [2.75, 3.05) is 0 Å². The zero-order valence-electron chi connectivity index (χ0n) is 8.90. The van der Waals surface area contributed by atoms with Gasteiger partial charge in [-0.05, 0) is 24.3 Å². The molecule has 0 N–H and O–H groups in total. The van der Waals surface area contributed by atoms with Crippen LogP contribution >= 0.6 is 0 Å². The molecule has 1 aromatic rings. The van der Waals surface area contributed by atoms with Gasteiger partial charge in [-0.3, -0.25) is 0 Å². The Morgan fingerprint density at radius 3 is 0.875 bits per heavy atom. The van der Waals surface area contributed by atoms with Gasteiger partial charge in [-0.25, -0.2) is 0 Å². The van der Waals surface area contributed by atoms with Crippen LogP contribution < -0.4 is 0 Å². The minimum absolute atomic E-state index is 1.59. The van der Waals surface area contributed by atoms with Gasteiger partial charge in [-0.1, -0.05) is 36.4 Å². The van der Waals surface area contributed by atoms with E-state index in [1.165, 1.54) is 0 Å². The Kier molecular flexibility index (Phi) is 6.92. The van der Waals surface area contributed by atoms with Crippen molar-refractivity contribution in [1.29, 1.82) is 0 Å². The van der Waals surface area contributed by atoms with Gasteiger partial charge < -0.3 is 8.83 Å². The van der Waals surface area contributed by atoms with Crippen molar-refractivity contribution < 1.29 is 8.83 Å². The SMILES string of the molecule is c1ccccoccccccoccc1. The summed E-state index contributed by atoms with van der Waals surface area (Å²) in [6, 6.07) is 18.4. The maximum Gasteiger partial charge on any atom is 0.0901 e. The van der Waals surface area contributed by atoms with Crippen LogP contribution in [0.5, 0.6) is 0 Å². The van der Waals surface area contributed by atoms with E-state index in [0.717, 1.165) is 0 Å². The quantitative estimate of drug-likeness (QED) is 0.645. The van der Waals surface area contributed by atoms with Crippen LogP contribution in [0.4, 0.5) is 0 Å². The van der Waals surface area contributed by atoms with Gasteiger partial charge in [0.05, 0.1) is 25.1 Å². The number of hydrogen-bond donors (Lipinski definition) is 0. The summed E-state index contributed by atoms with van der Waals surface area (Å²) in [5, 5.41) is 0. The summed E-state index contributed by atoms with van der Waals surface area (Å²) in [4.78, 5) is 0. The van der Waals surface area contributed by atoms with Crippen LogP contribution in [0.1, 0.15) is 0 Å². The Balaban J connectivity index is 3.00. The Hall–Kier alpha value is -2.22. The number of rotatable bonds is 0. The summed E-state index contributed by atoms with van der Waals surface area (Å²) in [6.07, 6.45) is 6.40.